The number of hydrogen-bond acceptors (Lipinski definition) is 7. The number of carbonyl (C=O) groups is 3. The Labute approximate surface area is 271 Å². The van der Waals surface area contributed by atoms with Crippen molar-refractivity contribution >= 4 is 61.5 Å². The summed E-state index contributed by atoms with van der Waals surface area (Å²) < 4.78 is 18.1. The molecule has 4 aromatic carbocycles. The number of benzene rings is 4. The second kappa shape index (κ2) is 15.3. The molecule has 0 aliphatic heterocycles. The molecule has 0 atom stereocenters. The Balaban J connectivity index is 1.45. The zero-order valence-corrected chi connectivity index (χ0v) is 27.3. The maximum absolute atomic E-state index is 12.9. The highest BCUT2D eigenvalue weighted by Gasteiger charge is 2.16. The molecule has 0 bridgehead atoms. The smallest absolute Gasteiger partial charge is 0.343 e. The minimum absolute atomic E-state index is 0.240. The van der Waals surface area contributed by atoms with Gasteiger partial charge in [0.2, 0.25) is 0 Å². The lowest BCUT2D eigenvalue weighted by atomic mass is 10.1. The van der Waals surface area contributed by atoms with Crippen LogP contribution >= 0.6 is 31.9 Å². The molecule has 11 heteroatoms. The summed E-state index contributed by atoms with van der Waals surface area (Å²) in [6.45, 7) is 6.49. The van der Waals surface area contributed by atoms with Crippen LogP contribution in [0.5, 0.6) is 17.2 Å². The molecule has 2 amide bonds. The van der Waals surface area contributed by atoms with E-state index < -0.39 is 11.9 Å². The van der Waals surface area contributed by atoms with E-state index in [9.17, 15) is 14.4 Å². The van der Waals surface area contributed by atoms with Gasteiger partial charge in [0.05, 0.1) is 29.5 Å². The number of amides is 2. The van der Waals surface area contributed by atoms with Gasteiger partial charge in [-0.3, -0.25) is 9.59 Å². The predicted octanol–water partition coefficient (Wildman–Crippen LogP) is 7.55. The van der Waals surface area contributed by atoms with Gasteiger partial charge in [0.15, 0.2) is 17.2 Å². The van der Waals surface area contributed by atoms with E-state index in [1.165, 1.54) is 12.3 Å². The zero-order chi connectivity index (χ0) is 31.6. The molecule has 0 unspecified atom stereocenters. The van der Waals surface area contributed by atoms with Crippen molar-refractivity contribution in [2.45, 2.75) is 20.8 Å². The monoisotopic (exact) mass is 721 g/mol. The predicted molar refractivity (Wildman–Crippen MR) is 176 cm³/mol. The fraction of sp³-hybridized carbons (Fsp3) is 0.152. The van der Waals surface area contributed by atoms with Gasteiger partial charge >= 0.3 is 5.97 Å². The van der Waals surface area contributed by atoms with E-state index in [0.717, 1.165) is 5.56 Å². The van der Waals surface area contributed by atoms with Crippen LogP contribution in [0.25, 0.3) is 0 Å². The molecule has 4 rings (SSSR count). The third-order valence-corrected chi connectivity index (χ3v) is 7.09. The molecule has 2 N–H and O–H groups in total. The van der Waals surface area contributed by atoms with Gasteiger partial charge in [-0.05, 0) is 97.4 Å². The number of ether oxygens (including phenoxy) is 3. The highest BCUT2D eigenvalue weighted by molar-refractivity contribution is 9.11. The fourth-order valence-electron chi connectivity index (χ4n) is 4.07. The molecule has 0 radical (unpaired) electrons. The number of nitrogens with zero attached hydrogens (tertiary/aromatic N) is 1. The SMILES string of the molecule is CCOc1ccc(C(=O)Nc2cccc(C(=O)NN=Cc3cc(Br)cc(Br)c3OC(=O)c3cccc(C)c3)c2)cc1OCC. The minimum atomic E-state index is -0.534. The van der Waals surface area contributed by atoms with Gasteiger partial charge in [-0.15, -0.1) is 0 Å². The van der Waals surface area contributed by atoms with Gasteiger partial charge in [-0.2, -0.15) is 5.10 Å². The van der Waals surface area contributed by atoms with Gasteiger partial charge in [0.25, 0.3) is 11.8 Å². The van der Waals surface area contributed by atoms with E-state index in [1.54, 1.807) is 66.7 Å². The largest absolute Gasteiger partial charge is 0.490 e. The van der Waals surface area contributed by atoms with E-state index in [4.69, 9.17) is 14.2 Å². The Kier molecular flexibility index (Phi) is 11.3. The van der Waals surface area contributed by atoms with Crippen molar-refractivity contribution < 1.29 is 28.6 Å². The number of carbonyl (C=O) groups excluding carboxylic acids is 3. The topological polar surface area (TPSA) is 115 Å². The zero-order valence-electron chi connectivity index (χ0n) is 24.1. The summed E-state index contributed by atoms with van der Waals surface area (Å²) in [6, 6.07) is 21.9. The van der Waals surface area contributed by atoms with Crippen molar-refractivity contribution in [3.05, 3.63) is 116 Å². The van der Waals surface area contributed by atoms with Crippen molar-refractivity contribution in [2.24, 2.45) is 5.10 Å². The van der Waals surface area contributed by atoms with Gasteiger partial charge in [0, 0.05) is 26.9 Å². The Bertz CT molecular complexity index is 1720. The summed E-state index contributed by atoms with van der Waals surface area (Å²) in [5, 5.41) is 6.87. The number of rotatable bonds is 11. The first-order valence-electron chi connectivity index (χ1n) is 13.6. The average Bonchev–Trinajstić information content (AvgIpc) is 3.00. The third-order valence-electron chi connectivity index (χ3n) is 6.04. The molecular weight excluding hydrogens is 694 g/mol. The first kappa shape index (κ1) is 32.4. The van der Waals surface area contributed by atoms with E-state index in [-0.39, 0.29) is 17.2 Å². The van der Waals surface area contributed by atoms with Crippen LogP contribution in [0.2, 0.25) is 0 Å². The van der Waals surface area contributed by atoms with E-state index in [1.807, 2.05) is 26.8 Å². The third kappa shape index (κ3) is 8.55. The number of hydrogen-bond donors (Lipinski definition) is 2. The average molecular weight is 723 g/mol. The molecule has 226 valence electrons. The van der Waals surface area contributed by atoms with Gasteiger partial charge in [-0.25, -0.2) is 10.2 Å². The molecule has 0 aromatic heterocycles. The summed E-state index contributed by atoms with van der Waals surface area (Å²) in [7, 11) is 0. The van der Waals surface area contributed by atoms with Crippen LogP contribution in [0.3, 0.4) is 0 Å². The van der Waals surface area contributed by atoms with Gasteiger partial charge in [-0.1, -0.05) is 39.7 Å². The first-order chi connectivity index (χ1) is 21.2. The number of aryl methyl sites for hydroxylation is 1. The van der Waals surface area contributed by atoms with Crippen molar-refractivity contribution in [1.29, 1.82) is 0 Å². The number of halogens is 2. The lowest BCUT2D eigenvalue weighted by Crippen LogP contribution is -2.18. The van der Waals surface area contributed by atoms with Crippen LogP contribution < -0.4 is 25.0 Å². The maximum Gasteiger partial charge on any atom is 0.343 e. The second-order valence-corrected chi connectivity index (χ2v) is 11.1. The standard InChI is InChI=1S/C33H29Br2N3O6/c1-4-42-28-13-12-22(17-29(28)43-5-2)31(39)37-26-11-7-9-21(16-26)32(40)38-36-19-24-15-25(34)18-27(35)30(24)44-33(41)23-10-6-8-20(3)14-23/h6-19H,4-5H2,1-3H3,(H,37,39)(H,38,40). The molecule has 0 fully saturated rings. The van der Waals surface area contributed by atoms with E-state index >= 15 is 0 Å². The Morgan fingerprint density at radius 2 is 1.50 bits per heavy atom. The number of esters is 1. The summed E-state index contributed by atoms with van der Waals surface area (Å²) in [5.74, 6) is -0.157. The van der Waals surface area contributed by atoms with Crippen LogP contribution in [0.1, 0.15) is 56.0 Å². The molecule has 44 heavy (non-hydrogen) atoms. The number of hydrazone groups is 1. The van der Waals surface area contributed by atoms with Crippen LogP contribution in [0, 0.1) is 6.92 Å². The van der Waals surface area contributed by atoms with Crippen molar-refractivity contribution in [3.8, 4) is 17.2 Å². The minimum Gasteiger partial charge on any atom is -0.490 e. The Morgan fingerprint density at radius 3 is 2.25 bits per heavy atom. The summed E-state index contributed by atoms with van der Waals surface area (Å²) >= 11 is 6.86. The van der Waals surface area contributed by atoms with Gasteiger partial charge < -0.3 is 19.5 Å². The van der Waals surface area contributed by atoms with Crippen molar-refractivity contribution in [1.82, 2.24) is 5.43 Å². The lowest BCUT2D eigenvalue weighted by Gasteiger charge is -2.13. The Morgan fingerprint density at radius 1 is 0.795 bits per heavy atom. The van der Waals surface area contributed by atoms with Crippen LogP contribution in [0.15, 0.2) is 92.9 Å². The quantitative estimate of drug-likeness (QED) is 0.0715. The summed E-state index contributed by atoms with van der Waals surface area (Å²) in [6.07, 6.45) is 1.37. The normalized spacial score (nSPS) is 10.8. The van der Waals surface area contributed by atoms with Crippen molar-refractivity contribution in [2.75, 3.05) is 18.5 Å². The number of anilines is 1. The molecule has 0 saturated heterocycles. The first-order valence-corrected chi connectivity index (χ1v) is 15.2. The molecule has 0 aliphatic carbocycles. The number of nitrogens with one attached hydrogen (secondary N) is 2. The summed E-state index contributed by atoms with van der Waals surface area (Å²) in [5.41, 5.74) is 5.30. The molecular formula is C33H29Br2N3O6. The Hall–Kier alpha value is -4.48. The lowest BCUT2D eigenvalue weighted by molar-refractivity contribution is 0.0732. The highest BCUT2D eigenvalue weighted by atomic mass is 79.9. The van der Waals surface area contributed by atoms with Gasteiger partial charge in [0.1, 0.15) is 0 Å². The summed E-state index contributed by atoms with van der Waals surface area (Å²) in [4.78, 5) is 38.6. The molecule has 4 aromatic rings. The molecule has 0 heterocycles. The van der Waals surface area contributed by atoms with Crippen LogP contribution in [0.4, 0.5) is 5.69 Å². The van der Waals surface area contributed by atoms with E-state index in [0.29, 0.717) is 56.0 Å². The highest BCUT2D eigenvalue weighted by Crippen LogP contribution is 2.33. The van der Waals surface area contributed by atoms with Crippen LogP contribution in [-0.2, 0) is 0 Å². The van der Waals surface area contributed by atoms with Crippen molar-refractivity contribution in [3.63, 3.8) is 0 Å². The van der Waals surface area contributed by atoms with Crippen LogP contribution in [-0.4, -0.2) is 37.2 Å². The fourth-order valence-corrected chi connectivity index (χ4v) is 5.41. The van der Waals surface area contributed by atoms with E-state index in [2.05, 4.69) is 47.7 Å². The molecule has 0 aliphatic rings. The molecule has 0 saturated carbocycles. The molecule has 9 nitrogen and oxygen atoms in total. The second-order valence-electron chi connectivity index (χ2n) is 9.33. The maximum atomic E-state index is 12.9. The molecule has 0 spiro atoms.